The zero-order valence-electron chi connectivity index (χ0n) is 15.8. The number of carbonyl (C=O) groups excluding carboxylic acids is 1. The largest absolute Gasteiger partial charge is 0.462 e. The molecule has 0 saturated carbocycles. The molecule has 2 atom stereocenters. The first kappa shape index (κ1) is 32.1. The third kappa shape index (κ3) is 5.50. The van der Waals surface area contributed by atoms with Crippen LogP contribution in [0.2, 0.25) is 0 Å². The standard InChI is InChI=1S/C15H4BrF17O3/c16-6-3-1-5(2-4-6)7(34)8(17,11(21,22)23)35-15(32,33)10(20,13(27,28)29)36-14(30,31)9(18,19)12(24,25)26/h1-4H/t8-,10-/m0/s1. The molecule has 0 radical (unpaired) electrons. The van der Waals surface area contributed by atoms with Crippen molar-refractivity contribution in [2.75, 3.05) is 0 Å². The summed E-state index contributed by atoms with van der Waals surface area (Å²) in [4.78, 5) is 11.8. The van der Waals surface area contributed by atoms with Crippen LogP contribution >= 0.6 is 15.9 Å². The lowest BCUT2D eigenvalue weighted by Crippen LogP contribution is -2.68. The molecule has 1 rings (SSSR count). The zero-order valence-corrected chi connectivity index (χ0v) is 17.4. The first-order chi connectivity index (χ1) is 15.6. The highest BCUT2D eigenvalue weighted by molar-refractivity contribution is 9.10. The van der Waals surface area contributed by atoms with E-state index in [1.54, 1.807) is 0 Å². The Bertz CT molecular complexity index is 952. The molecule has 0 aromatic heterocycles. The van der Waals surface area contributed by atoms with Crippen molar-refractivity contribution in [3.8, 4) is 0 Å². The molecule has 21 heteroatoms. The Morgan fingerprint density at radius 2 is 1.00 bits per heavy atom. The molecule has 3 nitrogen and oxygen atoms in total. The fraction of sp³-hybridized carbons (Fsp3) is 0.533. The van der Waals surface area contributed by atoms with Crippen molar-refractivity contribution in [2.24, 2.45) is 0 Å². The Morgan fingerprint density at radius 1 is 0.583 bits per heavy atom. The van der Waals surface area contributed by atoms with Crippen molar-refractivity contribution in [1.82, 2.24) is 0 Å². The number of alkyl halides is 17. The Labute approximate surface area is 194 Å². The molecule has 208 valence electrons. The van der Waals surface area contributed by atoms with Gasteiger partial charge in [0.1, 0.15) is 0 Å². The summed E-state index contributed by atoms with van der Waals surface area (Å²) >= 11 is 2.66. The number of ketones is 1. The second-order valence-electron chi connectivity index (χ2n) is 6.33. The van der Waals surface area contributed by atoms with E-state index in [9.17, 15) is 79.4 Å². The van der Waals surface area contributed by atoms with E-state index >= 15 is 0 Å². The number of hydrogen-bond acceptors (Lipinski definition) is 3. The Hall–Kier alpha value is -1.90. The van der Waals surface area contributed by atoms with Gasteiger partial charge in [-0.25, -0.2) is 0 Å². The van der Waals surface area contributed by atoms with Gasteiger partial charge in [0, 0.05) is 10.0 Å². The number of Topliss-reactive ketones (excluding diaryl/α,β-unsaturated/α-hetero) is 1. The van der Waals surface area contributed by atoms with E-state index in [1.165, 1.54) is 4.74 Å². The molecule has 0 bridgehead atoms. The van der Waals surface area contributed by atoms with Gasteiger partial charge in [-0.15, -0.1) is 0 Å². The topological polar surface area (TPSA) is 35.5 Å². The summed E-state index contributed by atoms with van der Waals surface area (Å²) in [6, 6.07) is 1.71. The smallest absolute Gasteiger partial charge is 0.287 e. The lowest BCUT2D eigenvalue weighted by molar-refractivity contribution is -0.547. The lowest BCUT2D eigenvalue weighted by Gasteiger charge is -2.40. The minimum atomic E-state index is -8.04. The van der Waals surface area contributed by atoms with Gasteiger partial charge in [0.25, 0.3) is 0 Å². The number of halogens is 18. The van der Waals surface area contributed by atoms with E-state index in [0.29, 0.717) is 12.1 Å². The maximum absolute atomic E-state index is 14.5. The number of hydrogen-bond donors (Lipinski definition) is 0. The second-order valence-corrected chi connectivity index (χ2v) is 7.25. The van der Waals surface area contributed by atoms with E-state index in [-0.39, 0.29) is 16.6 Å². The maximum Gasteiger partial charge on any atom is 0.462 e. The van der Waals surface area contributed by atoms with E-state index in [0.717, 1.165) is 0 Å². The second kappa shape index (κ2) is 9.14. The molecule has 1 aromatic rings. The van der Waals surface area contributed by atoms with E-state index in [4.69, 9.17) is 0 Å². The molecule has 36 heavy (non-hydrogen) atoms. The molecule has 0 saturated heterocycles. The van der Waals surface area contributed by atoms with E-state index in [1.807, 2.05) is 4.74 Å². The molecule has 0 unspecified atom stereocenters. The van der Waals surface area contributed by atoms with Gasteiger partial charge in [-0.1, -0.05) is 28.1 Å². The van der Waals surface area contributed by atoms with Crippen LogP contribution in [-0.4, -0.2) is 54.2 Å². The summed E-state index contributed by atoms with van der Waals surface area (Å²) in [7, 11) is 0. The van der Waals surface area contributed by atoms with Crippen LogP contribution in [0, 0.1) is 0 Å². The normalized spacial score (nSPS) is 17.9. The van der Waals surface area contributed by atoms with E-state index in [2.05, 4.69) is 15.9 Å². The maximum atomic E-state index is 14.5. The predicted octanol–water partition coefficient (Wildman–Crippen LogP) is 7.50. The van der Waals surface area contributed by atoms with Crippen molar-refractivity contribution >= 4 is 21.7 Å². The predicted molar refractivity (Wildman–Crippen MR) is 81.3 cm³/mol. The molecule has 1 aromatic carbocycles. The molecule has 0 spiro atoms. The van der Waals surface area contributed by atoms with Gasteiger partial charge in [-0.3, -0.25) is 14.3 Å². The lowest BCUT2D eigenvalue weighted by atomic mass is 10.0. The number of rotatable bonds is 8. The van der Waals surface area contributed by atoms with Crippen LogP contribution in [0.15, 0.2) is 28.7 Å². The van der Waals surface area contributed by atoms with Crippen LogP contribution in [0.25, 0.3) is 0 Å². The third-order valence-corrected chi connectivity index (χ3v) is 4.29. The summed E-state index contributed by atoms with van der Waals surface area (Å²) in [6.45, 7) is 0. The minimum Gasteiger partial charge on any atom is -0.287 e. The summed E-state index contributed by atoms with van der Waals surface area (Å²) in [5, 5.41) is 0. The van der Waals surface area contributed by atoms with Crippen LogP contribution in [0.5, 0.6) is 0 Å². The van der Waals surface area contributed by atoms with Gasteiger partial charge in [0.05, 0.1) is 0 Å². The van der Waals surface area contributed by atoms with Gasteiger partial charge >= 0.3 is 48.4 Å². The Morgan fingerprint density at radius 3 is 1.33 bits per heavy atom. The molecule has 0 heterocycles. The minimum absolute atomic E-state index is 0.0668. The van der Waals surface area contributed by atoms with Crippen LogP contribution < -0.4 is 0 Å². The van der Waals surface area contributed by atoms with Crippen molar-refractivity contribution in [1.29, 1.82) is 0 Å². The average molecular weight is 635 g/mol. The first-order valence-electron chi connectivity index (χ1n) is 7.99. The summed E-state index contributed by atoms with van der Waals surface area (Å²) in [5.41, 5.74) is -1.61. The van der Waals surface area contributed by atoms with Crippen LogP contribution in [0.3, 0.4) is 0 Å². The van der Waals surface area contributed by atoms with Gasteiger partial charge in [-0.2, -0.15) is 74.6 Å². The van der Waals surface area contributed by atoms with Crippen LogP contribution in [0.1, 0.15) is 10.4 Å². The number of carbonyl (C=O) groups is 1. The zero-order chi connectivity index (χ0) is 29.0. The number of ether oxygens (including phenoxy) is 2. The molecule has 0 amide bonds. The summed E-state index contributed by atoms with van der Waals surface area (Å²) < 4.78 is 226. The highest BCUT2D eigenvalue weighted by Gasteiger charge is 2.85. The third-order valence-electron chi connectivity index (χ3n) is 3.76. The molecule has 0 fully saturated rings. The van der Waals surface area contributed by atoms with Gasteiger partial charge in [0.15, 0.2) is 0 Å². The van der Waals surface area contributed by atoms with Gasteiger partial charge < -0.3 is 0 Å². The SMILES string of the molecule is O=C(c1ccc(Br)cc1)[C@](F)(OC(F)(F)[C@@](F)(OC(F)(F)C(F)(F)C(F)(F)F)C(F)(F)F)C(F)(F)F. The fourth-order valence-corrected chi connectivity index (χ4v) is 2.21. The average Bonchev–Trinajstić information content (AvgIpc) is 2.64. The number of benzene rings is 1. The molecule has 0 N–H and O–H groups in total. The van der Waals surface area contributed by atoms with E-state index < -0.39 is 59.7 Å². The molecule has 0 aliphatic rings. The summed E-state index contributed by atoms with van der Waals surface area (Å²) in [5.74, 6) is -26.0. The van der Waals surface area contributed by atoms with Crippen molar-refractivity contribution in [3.05, 3.63) is 34.3 Å². The van der Waals surface area contributed by atoms with Gasteiger partial charge in [-0.05, 0) is 12.1 Å². The molecule has 0 aliphatic carbocycles. The van der Waals surface area contributed by atoms with Crippen LogP contribution in [0.4, 0.5) is 74.6 Å². The summed E-state index contributed by atoms with van der Waals surface area (Å²) in [6.07, 6.45) is -38.5. The first-order valence-corrected chi connectivity index (χ1v) is 8.79. The highest BCUT2D eigenvalue weighted by atomic mass is 79.9. The quantitative estimate of drug-likeness (QED) is 0.219. The molecular formula is C15H4BrF17O3. The van der Waals surface area contributed by atoms with Gasteiger partial charge in [0.2, 0.25) is 5.78 Å². The Kier molecular flexibility index (Phi) is 8.15. The fourth-order valence-electron chi connectivity index (χ4n) is 1.95. The Balaban J connectivity index is 3.71. The van der Waals surface area contributed by atoms with Crippen molar-refractivity contribution in [2.45, 2.75) is 48.4 Å². The molecular weight excluding hydrogens is 631 g/mol. The monoisotopic (exact) mass is 634 g/mol. The molecule has 0 aliphatic heterocycles. The van der Waals surface area contributed by atoms with Crippen LogP contribution in [-0.2, 0) is 9.47 Å². The van der Waals surface area contributed by atoms with Crippen molar-refractivity contribution < 1.29 is 88.9 Å². The highest BCUT2D eigenvalue weighted by Crippen LogP contribution is 2.56. The van der Waals surface area contributed by atoms with Crippen molar-refractivity contribution in [3.63, 3.8) is 0 Å².